The van der Waals surface area contributed by atoms with Gasteiger partial charge in [0.05, 0.1) is 12.1 Å². The van der Waals surface area contributed by atoms with Crippen molar-refractivity contribution in [1.29, 1.82) is 10.5 Å². The lowest BCUT2D eigenvalue weighted by atomic mass is 10.1. The fourth-order valence-electron chi connectivity index (χ4n) is 1.21. The number of hydrogen-bond acceptors (Lipinski definition) is 2. The topological polar surface area (TPSA) is 47.6 Å². The molecule has 1 aliphatic rings. The predicted octanol–water partition coefficient (Wildman–Crippen LogP) is 1.31. The lowest BCUT2D eigenvalue weighted by Gasteiger charge is -1.86. The van der Waals surface area contributed by atoms with Gasteiger partial charge in [0, 0.05) is 0 Å². The third kappa shape index (κ3) is 0.481. The van der Waals surface area contributed by atoms with E-state index in [1.807, 2.05) is 26.0 Å². The average Bonchev–Trinajstić information content (AvgIpc) is 2.39. The molecule has 1 fully saturated rings. The Bertz CT molecular complexity index is 182. The highest BCUT2D eigenvalue weighted by molar-refractivity contribution is 5.30. The molecule has 2 nitrogen and oxygen atoms in total. The molecule has 0 aromatic heterocycles. The molecular weight excluding hydrogens is 112 g/mol. The van der Waals surface area contributed by atoms with Gasteiger partial charge in [-0.3, -0.25) is 0 Å². The van der Waals surface area contributed by atoms with Crippen molar-refractivity contribution in [3.63, 3.8) is 0 Å². The van der Waals surface area contributed by atoms with Crippen LogP contribution in [0.3, 0.4) is 0 Å². The van der Waals surface area contributed by atoms with Gasteiger partial charge in [-0.2, -0.15) is 10.5 Å². The molecule has 0 aliphatic heterocycles. The fraction of sp³-hybridized carbons (Fsp3) is 0.714. The first-order valence-corrected chi connectivity index (χ1v) is 3.01. The van der Waals surface area contributed by atoms with E-state index in [4.69, 9.17) is 10.5 Å². The Morgan fingerprint density at radius 1 is 1.11 bits per heavy atom. The third-order valence-electron chi connectivity index (χ3n) is 2.45. The molecule has 0 bridgehead atoms. The van der Waals surface area contributed by atoms with Gasteiger partial charge in [-0.05, 0) is 11.8 Å². The first kappa shape index (κ1) is 6.11. The van der Waals surface area contributed by atoms with Gasteiger partial charge in [0.15, 0.2) is 0 Å². The summed E-state index contributed by atoms with van der Waals surface area (Å²) in [7, 11) is 0. The normalized spacial score (nSPS) is 36.4. The summed E-state index contributed by atoms with van der Waals surface area (Å²) in [5.41, 5.74) is -0.639. The number of rotatable bonds is 0. The van der Waals surface area contributed by atoms with Crippen LogP contribution in [0.1, 0.15) is 13.8 Å². The Kier molecular flexibility index (Phi) is 1.01. The smallest absolute Gasteiger partial charge is 0.149 e. The monoisotopic (exact) mass is 120 g/mol. The van der Waals surface area contributed by atoms with E-state index in [-0.39, 0.29) is 11.8 Å². The second kappa shape index (κ2) is 1.48. The van der Waals surface area contributed by atoms with Crippen LogP contribution in [0, 0.1) is 39.9 Å². The van der Waals surface area contributed by atoms with Crippen molar-refractivity contribution in [3.8, 4) is 12.1 Å². The van der Waals surface area contributed by atoms with Crippen molar-refractivity contribution in [2.45, 2.75) is 13.8 Å². The first-order valence-electron chi connectivity index (χ1n) is 3.01. The molecule has 0 heterocycles. The van der Waals surface area contributed by atoms with Crippen molar-refractivity contribution in [2.24, 2.45) is 17.3 Å². The minimum absolute atomic E-state index is 0.271. The van der Waals surface area contributed by atoms with Crippen LogP contribution >= 0.6 is 0 Å². The molecule has 0 saturated heterocycles. The van der Waals surface area contributed by atoms with E-state index in [1.165, 1.54) is 0 Å². The maximum Gasteiger partial charge on any atom is 0.149 e. The fourth-order valence-corrected chi connectivity index (χ4v) is 1.21. The Balaban J connectivity index is 2.84. The van der Waals surface area contributed by atoms with Crippen LogP contribution in [-0.4, -0.2) is 0 Å². The summed E-state index contributed by atoms with van der Waals surface area (Å²) in [5.74, 6) is 0.542. The highest BCUT2D eigenvalue weighted by atomic mass is 14.6. The quantitative estimate of drug-likeness (QED) is 0.483. The summed E-state index contributed by atoms with van der Waals surface area (Å²) in [6.07, 6.45) is 0. The van der Waals surface area contributed by atoms with Crippen LogP contribution in [0.25, 0.3) is 0 Å². The summed E-state index contributed by atoms with van der Waals surface area (Å²) in [4.78, 5) is 0. The van der Waals surface area contributed by atoms with Crippen molar-refractivity contribution >= 4 is 0 Å². The van der Waals surface area contributed by atoms with E-state index in [2.05, 4.69) is 0 Å². The van der Waals surface area contributed by atoms with E-state index in [1.54, 1.807) is 0 Å². The molecule has 1 aliphatic carbocycles. The second-order valence-corrected chi connectivity index (χ2v) is 2.67. The Labute approximate surface area is 54.7 Å². The molecule has 0 radical (unpaired) electrons. The number of nitrogens with zero attached hydrogens (tertiary/aromatic N) is 2. The summed E-state index contributed by atoms with van der Waals surface area (Å²) in [6.45, 7) is 3.88. The van der Waals surface area contributed by atoms with Gasteiger partial charge in [-0.1, -0.05) is 13.8 Å². The van der Waals surface area contributed by atoms with Crippen LogP contribution in [0.2, 0.25) is 0 Å². The largest absolute Gasteiger partial charge is 0.197 e. The molecule has 2 heteroatoms. The van der Waals surface area contributed by atoms with Gasteiger partial charge in [-0.15, -0.1) is 0 Å². The maximum atomic E-state index is 8.52. The molecule has 1 saturated carbocycles. The Morgan fingerprint density at radius 3 is 1.44 bits per heavy atom. The van der Waals surface area contributed by atoms with Gasteiger partial charge >= 0.3 is 0 Å². The van der Waals surface area contributed by atoms with Gasteiger partial charge in [0.1, 0.15) is 5.41 Å². The van der Waals surface area contributed by atoms with Crippen molar-refractivity contribution in [1.82, 2.24) is 0 Å². The molecule has 0 unspecified atom stereocenters. The molecule has 0 aromatic carbocycles. The zero-order valence-electron chi connectivity index (χ0n) is 5.55. The van der Waals surface area contributed by atoms with Gasteiger partial charge in [-0.25, -0.2) is 0 Å². The lowest BCUT2D eigenvalue weighted by Crippen LogP contribution is -1.94. The second-order valence-electron chi connectivity index (χ2n) is 2.67. The summed E-state index contributed by atoms with van der Waals surface area (Å²) in [6, 6.07) is 4.08. The van der Waals surface area contributed by atoms with Crippen LogP contribution in [0.5, 0.6) is 0 Å². The number of nitriles is 2. The maximum absolute atomic E-state index is 8.52. The Hall–Kier alpha value is -1.02. The summed E-state index contributed by atoms with van der Waals surface area (Å²) in [5, 5.41) is 17.0. The zero-order valence-corrected chi connectivity index (χ0v) is 5.55. The average molecular weight is 120 g/mol. The van der Waals surface area contributed by atoms with Crippen LogP contribution in [0.4, 0.5) is 0 Å². The highest BCUT2D eigenvalue weighted by Gasteiger charge is 2.61. The molecule has 0 amide bonds. The summed E-state index contributed by atoms with van der Waals surface area (Å²) >= 11 is 0. The molecule has 9 heavy (non-hydrogen) atoms. The molecule has 1 rings (SSSR count). The molecule has 0 aromatic rings. The van der Waals surface area contributed by atoms with E-state index < -0.39 is 5.41 Å². The standard InChI is InChI=1S/C7H8N2/c1-5-6(2)7(5,3-8)4-9/h5-6H,1-2H3/t5-,6-/m1/s1. The Morgan fingerprint density at radius 2 is 1.44 bits per heavy atom. The number of hydrogen-bond donors (Lipinski definition) is 0. The van der Waals surface area contributed by atoms with Gasteiger partial charge in [0.2, 0.25) is 0 Å². The van der Waals surface area contributed by atoms with Crippen LogP contribution < -0.4 is 0 Å². The minimum Gasteiger partial charge on any atom is -0.197 e. The van der Waals surface area contributed by atoms with Crippen LogP contribution in [-0.2, 0) is 0 Å². The van der Waals surface area contributed by atoms with Gasteiger partial charge in [0.25, 0.3) is 0 Å². The van der Waals surface area contributed by atoms with E-state index >= 15 is 0 Å². The predicted molar refractivity (Wildman–Crippen MR) is 32.0 cm³/mol. The summed E-state index contributed by atoms with van der Waals surface area (Å²) < 4.78 is 0. The molecule has 2 atom stereocenters. The molecule has 46 valence electrons. The van der Waals surface area contributed by atoms with Gasteiger partial charge < -0.3 is 0 Å². The van der Waals surface area contributed by atoms with E-state index in [9.17, 15) is 0 Å². The molecular formula is C7H8N2. The van der Waals surface area contributed by atoms with E-state index in [0.29, 0.717) is 0 Å². The third-order valence-corrected chi connectivity index (χ3v) is 2.45. The molecule has 0 N–H and O–H groups in total. The highest BCUT2D eigenvalue weighted by Crippen LogP contribution is 2.57. The minimum atomic E-state index is -0.639. The SMILES string of the molecule is C[C@@H]1[C@@H](C)C1(C#N)C#N. The van der Waals surface area contributed by atoms with Crippen molar-refractivity contribution in [3.05, 3.63) is 0 Å². The first-order chi connectivity index (χ1) is 4.19. The molecule has 0 spiro atoms. The van der Waals surface area contributed by atoms with E-state index in [0.717, 1.165) is 0 Å². The van der Waals surface area contributed by atoms with Crippen molar-refractivity contribution < 1.29 is 0 Å². The lowest BCUT2D eigenvalue weighted by molar-refractivity contribution is 0.762. The van der Waals surface area contributed by atoms with Crippen LogP contribution in [0.15, 0.2) is 0 Å². The van der Waals surface area contributed by atoms with Crippen molar-refractivity contribution in [2.75, 3.05) is 0 Å². The zero-order chi connectivity index (χ0) is 7.07.